The van der Waals surface area contributed by atoms with Crippen LogP contribution in [-0.4, -0.2) is 68.8 Å². The third kappa shape index (κ3) is 5.08. The number of methoxy groups -OCH3 is 1. The molecule has 3 aromatic rings. The third-order valence-corrected chi connectivity index (χ3v) is 6.67. The summed E-state index contributed by atoms with van der Waals surface area (Å²) in [5.74, 6) is 0.621. The van der Waals surface area contributed by atoms with Crippen LogP contribution < -0.4 is 10.1 Å². The van der Waals surface area contributed by atoms with Gasteiger partial charge in [-0.2, -0.15) is 10.1 Å². The van der Waals surface area contributed by atoms with Crippen molar-refractivity contribution in [3.8, 4) is 17.3 Å². The summed E-state index contributed by atoms with van der Waals surface area (Å²) in [4.78, 5) is 36.7. The second kappa shape index (κ2) is 10.2. The predicted octanol–water partition coefficient (Wildman–Crippen LogP) is 3.38. The number of hydrogen-bond donors (Lipinski definition) is 1. The molecule has 11 heteroatoms. The van der Waals surface area contributed by atoms with Gasteiger partial charge in [-0.15, -0.1) is 11.3 Å². The summed E-state index contributed by atoms with van der Waals surface area (Å²) in [5, 5.41) is 9.09. The van der Waals surface area contributed by atoms with Gasteiger partial charge in [0.05, 0.1) is 25.0 Å². The van der Waals surface area contributed by atoms with Crippen molar-refractivity contribution in [3.05, 3.63) is 29.5 Å². The zero-order valence-corrected chi connectivity index (χ0v) is 19.8. The molecule has 0 spiro atoms. The van der Waals surface area contributed by atoms with Crippen molar-refractivity contribution >= 4 is 28.2 Å². The summed E-state index contributed by atoms with van der Waals surface area (Å²) in [6.45, 7) is 5.14. The van der Waals surface area contributed by atoms with E-state index < -0.39 is 6.09 Å². The van der Waals surface area contributed by atoms with Gasteiger partial charge in [0, 0.05) is 36.8 Å². The molecule has 10 nitrogen and oxygen atoms in total. The number of likely N-dealkylation sites (tertiary alicyclic amines) is 1. The summed E-state index contributed by atoms with van der Waals surface area (Å²) >= 11 is 1.53. The molecule has 0 bridgehead atoms. The van der Waals surface area contributed by atoms with Crippen molar-refractivity contribution in [2.24, 2.45) is 0 Å². The van der Waals surface area contributed by atoms with Gasteiger partial charge in [0.15, 0.2) is 5.82 Å². The minimum atomic E-state index is -0.454. The molecule has 0 radical (unpaired) electrons. The maximum atomic E-state index is 13.3. The molecule has 4 heterocycles. The molecule has 0 aromatic carbocycles. The fraction of sp³-hybridized carbons (Fsp3) is 0.500. The predicted molar refractivity (Wildman–Crippen MR) is 124 cm³/mol. The minimum absolute atomic E-state index is 0.00441. The highest BCUT2D eigenvalue weighted by atomic mass is 32.1. The van der Waals surface area contributed by atoms with E-state index in [-0.39, 0.29) is 23.7 Å². The van der Waals surface area contributed by atoms with Crippen molar-refractivity contribution in [1.82, 2.24) is 29.8 Å². The fourth-order valence-corrected chi connectivity index (χ4v) is 4.63. The van der Waals surface area contributed by atoms with E-state index in [1.807, 2.05) is 11.6 Å². The number of carbonyl (C=O) groups excluding carboxylic acids is 2. The first kappa shape index (κ1) is 23.0. The molecular formula is C22H28N6O4S. The van der Waals surface area contributed by atoms with Gasteiger partial charge >= 0.3 is 6.09 Å². The van der Waals surface area contributed by atoms with Crippen molar-refractivity contribution in [1.29, 1.82) is 0 Å². The molecule has 2 amide bonds. The standard InChI is InChI=1S/C22H28N6O4S/c1-4-15(5-2)32-18-12-17(20(29)27-8-6-14(7-9-27)24-22(30)31-3)25-19(26-18)16-13-23-28-10-11-33-21(16)28/h10-15H,4-9H2,1-3H3,(H,24,30). The number of ether oxygens (including phenoxy) is 2. The number of carbonyl (C=O) groups is 2. The van der Waals surface area contributed by atoms with Crippen LogP contribution in [0.15, 0.2) is 23.8 Å². The van der Waals surface area contributed by atoms with E-state index in [1.165, 1.54) is 18.4 Å². The number of hydrogen-bond acceptors (Lipinski definition) is 8. The van der Waals surface area contributed by atoms with Gasteiger partial charge in [-0.1, -0.05) is 13.8 Å². The second-order valence-corrected chi connectivity index (χ2v) is 8.78. The van der Waals surface area contributed by atoms with Crippen LogP contribution in [0, 0.1) is 0 Å². The fourth-order valence-electron chi connectivity index (χ4n) is 3.84. The highest BCUT2D eigenvalue weighted by Crippen LogP contribution is 2.28. The molecule has 1 saturated heterocycles. The first-order valence-corrected chi connectivity index (χ1v) is 12.0. The largest absolute Gasteiger partial charge is 0.474 e. The van der Waals surface area contributed by atoms with Gasteiger partial charge in [-0.3, -0.25) is 4.79 Å². The SMILES string of the molecule is CCC(CC)Oc1cc(C(=O)N2CCC(NC(=O)OC)CC2)nc(-c2cnn3ccsc23)n1. The number of aromatic nitrogens is 4. The maximum Gasteiger partial charge on any atom is 0.407 e. The highest BCUT2D eigenvalue weighted by Gasteiger charge is 2.27. The normalized spacial score (nSPS) is 14.6. The Morgan fingerprint density at radius 1 is 1.24 bits per heavy atom. The monoisotopic (exact) mass is 472 g/mol. The van der Waals surface area contributed by atoms with Crippen LogP contribution in [0.3, 0.4) is 0 Å². The van der Waals surface area contributed by atoms with Gasteiger partial charge < -0.3 is 19.7 Å². The van der Waals surface area contributed by atoms with E-state index in [1.54, 1.807) is 21.7 Å². The van der Waals surface area contributed by atoms with E-state index in [4.69, 9.17) is 4.74 Å². The van der Waals surface area contributed by atoms with Crippen LogP contribution in [-0.2, 0) is 4.74 Å². The first-order valence-electron chi connectivity index (χ1n) is 11.1. The van der Waals surface area contributed by atoms with Crippen molar-refractivity contribution < 1.29 is 19.1 Å². The zero-order chi connectivity index (χ0) is 23.4. The molecule has 3 aromatic heterocycles. The number of thiazole rings is 1. The highest BCUT2D eigenvalue weighted by molar-refractivity contribution is 7.16. The average Bonchev–Trinajstić information content (AvgIpc) is 3.46. The van der Waals surface area contributed by atoms with Crippen LogP contribution >= 0.6 is 11.3 Å². The van der Waals surface area contributed by atoms with E-state index in [2.05, 4.69) is 39.0 Å². The van der Waals surface area contributed by atoms with Crippen LogP contribution in [0.5, 0.6) is 5.88 Å². The van der Waals surface area contributed by atoms with Crippen molar-refractivity contribution in [3.63, 3.8) is 0 Å². The molecule has 4 rings (SSSR count). The first-order chi connectivity index (χ1) is 16.0. The number of fused-ring (bicyclic) bond motifs is 1. The van der Waals surface area contributed by atoms with Gasteiger partial charge in [-0.25, -0.2) is 14.3 Å². The van der Waals surface area contributed by atoms with Gasteiger partial charge in [-0.05, 0) is 25.7 Å². The molecule has 0 unspecified atom stereocenters. The van der Waals surface area contributed by atoms with Crippen LogP contribution in [0.2, 0.25) is 0 Å². The van der Waals surface area contributed by atoms with E-state index >= 15 is 0 Å². The Kier molecular flexibility index (Phi) is 7.07. The second-order valence-electron chi connectivity index (χ2n) is 7.88. The minimum Gasteiger partial charge on any atom is -0.474 e. The van der Waals surface area contributed by atoms with E-state index in [0.717, 1.165) is 23.2 Å². The van der Waals surface area contributed by atoms with Crippen molar-refractivity contribution in [2.75, 3.05) is 20.2 Å². The van der Waals surface area contributed by atoms with Crippen LogP contribution in [0.25, 0.3) is 16.2 Å². The molecule has 1 aliphatic heterocycles. The molecule has 176 valence electrons. The Labute approximate surface area is 195 Å². The van der Waals surface area contributed by atoms with E-state index in [9.17, 15) is 9.59 Å². The molecular weight excluding hydrogens is 444 g/mol. The summed E-state index contributed by atoms with van der Waals surface area (Å²) < 4.78 is 12.5. The van der Waals surface area contributed by atoms with Crippen LogP contribution in [0.1, 0.15) is 50.0 Å². The Hall–Kier alpha value is -3.21. The lowest BCUT2D eigenvalue weighted by Gasteiger charge is -2.32. The molecule has 1 N–H and O–H groups in total. The van der Waals surface area contributed by atoms with Crippen LogP contribution in [0.4, 0.5) is 4.79 Å². The molecule has 1 aliphatic rings. The summed E-state index contributed by atoms with van der Waals surface area (Å²) in [6, 6.07) is 1.61. The molecule has 0 aliphatic carbocycles. The van der Waals surface area contributed by atoms with Crippen molar-refractivity contribution in [2.45, 2.75) is 51.7 Å². The van der Waals surface area contributed by atoms with Gasteiger partial charge in [0.25, 0.3) is 5.91 Å². The number of nitrogens with one attached hydrogen (secondary N) is 1. The summed E-state index contributed by atoms with van der Waals surface area (Å²) in [6.07, 6.45) is 6.09. The number of piperidine rings is 1. The van der Waals surface area contributed by atoms with Gasteiger partial charge in [0.1, 0.15) is 10.5 Å². The smallest absolute Gasteiger partial charge is 0.407 e. The lowest BCUT2D eigenvalue weighted by atomic mass is 10.0. The quantitative estimate of drug-likeness (QED) is 0.561. The average molecular weight is 473 g/mol. The Balaban J connectivity index is 1.59. The molecule has 0 atom stereocenters. The number of amides is 2. The topological polar surface area (TPSA) is 111 Å². The molecule has 0 saturated carbocycles. The number of rotatable bonds is 7. The lowest BCUT2D eigenvalue weighted by Crippen LogP contribution is -2.46. The Morgan fingerprint density at radius 3 is 2.70 bits per heavy atom. The number of alkyl carbamates (subject to hydrolysis) is 1. The Bertz CT molecular complexity index is 1120. The van der Waals surface area contributed by atoms with Gasteiger partial charge in [0.2, 0.25) is 5.88 Å². The number of nitrogens with zero attached hydrogens (tertiary/aromatic N) is 5. The summed E-state index contributed by atoms with van der Waals surface area (Å²) in [7, 11) is 1.34. The lowest BCUT2D eigenvalue weighted by molar-refractivity contribution is 0.0697. The third-order valence-electron chi connectivity index (χ3n) is 5.78. The van der Waals surface area contributed by atoms with E-state index in [0.29, 0.717) is 37.6 Å². The Morgan fingerprint density at radius 2 is 2.00 bits per heavy atom. The maximum absolute atomic E-state index is 13.3. The molecule has 33 heavy (non-hydrogen) atoms. The zero-order valence-electron chi connectivity index (χ0n) is 19.0. The molecule has 1 fully saturated rings. The summed E-state index contributed by atoms with van der Waals surface area (Å²) in [5.41, 5.74) is 1.05.